The summed E-state index contributed by atoms with van der Waals surface area (Å²) in [6.45, 7) is 2.49. The van der Waals surface area contributed by atoms with Gasteiger partial charge in [-0.25, -0.2) is 9.98 Å². The number of nitrogens with two attached hydrogens (primary N) is 1. The summed E-state index contributed by atoms with van der Waals surface area (Å²) >= 11 is 0. The van der Waals surface area contributed by atoms with E-state index in [1.54, 1.807) is 7.11 Å². The monoisotopic (exact) mass is 337 g/mol. The molecule has 1 atom stereocenters. The van der Waals surface area contributed by atoms with Crippen molar-refractivity contribution in [3.05, 3.63) is 48.0 Å². The highest BCUT2D eigenvalue weighted by atomic mass is 16.5. The van der Waals surface area contributed by atoms with Crippen LogP contribution in [-0.4, -0.2) is 29.2 Å². The summed E-state index contributed by atoms with van der Waals surface area (Å²) in [4.78, 5) is 9.21. The summed E-state index contributed by atoms with van der Waals surface area (Å²) in [5, 5.41) is 3.03. The number of nitrogens with zero attached hydrogens (tertiary/aromatic N) is 3. The number of aromatic nitrogens is 2. The van der Waals surface area contributed by atoms with Crippen LogP contribution in [0.5, 0.6) is 11.5 Å². The second kappa shape index (κ2) is 6.01. The molecule has 2 aromatic carbocycles. The Balaban J connectivity index is 1.94. The second-order valence-corrected chi connectivity index (χ2v) is 5.62. The minimum absolute atomic E-state index is 0.316. The highest BCUT2D eigenvalue weighted by Gasteiger charge is 2.28. The summed E-state index contributed by atoms with van der Waals surface area (Å²) in [5.41, 5.74) is 8.71. The van der Waals surface area contributed by atoms with Gasteiger partial charge < -0.3 is 15.2 Å². The van der Waals surface area contributed by atoms with Crippen molar-refractivity contribution in [1.29, 1.82) is 0 Å². The van der Waals surface area contributed by atoms with Gasteiger partial charge >= 0.3 is 0 Å². The van der Waals surface area contributed by atoms with E-state index in [1.165, 1.54) is 0 Å². The van der Waals surface area contributed by atoms with Crippen LogP contribution < -0.4 is 20.5 Å². The maximum absolute atomic E-state index is 6.00. The van der Waals surface area contributed by atoms with Crippen molar-refractivity contribution < 1.29 is 9.47 Å². The maximum atomic E-state index is 6.00. The van der Waals surface area contributed by atoms with E-state index in [1.807, 2.05) is 54.0 Å². The van der Waals surface area contributed by atoms with Gasteiger partial charge in [-0.2, -0.15) is 0 Å². The van der Waals surface area contributed by atoms with Gasteiger partial charge in [0.2, 0.25) is 5.95 Å². The number of hydrogen-bond acceptors (Lipinski definition) is 6. The maximum Gasteiger partial charge on any atom is 0.212 e. The Morgan fingerprint density at radius 3 is 2.84 bits per heavy atom. The molecule has 1 aliphatic heterocycles. The van der Waals surface area contributed by atoms with Crippen LogP contribution in [0.15, 0.2) is 47.5 Å². The number of nitrogens with one attached hydrogen (secondary N) is 1. The van der Waals surface area contributed by atoms with Gasteiger partial charge in [0.1, 0.15) is 0 Å². The number of benzene rings is 2. The van der Waals surface area contributed by atoms with E-state index in [0.29, 0.717) is 30.0 Å². The van der Waals surface area contributed by atoms with Crippen molar-refractivity contribution in [3.8, 4) is 11.5 Å². The molecule has 0 saturated carbocycles. The Kier molecular flexibility index (Phi) is 3.68. The molecule has 0 amide bonds. The molecular weight excluding hydrogens is 318 g/mol. The third-order valence-electron chi connectivity index (χ3n) is 4.13. The number of anilines is 1. The lowest BCUT2D eigenvalue weighted by atomic mass is 10.1. The molecule has 3 N–H and O–H groups in total. The number of guanidine groups is 1. The molecule has 4 rings (SSSR count). The third-order valence-corrected chi connectivity index (χ3v) is 4.13. The van der Waals surface area contributed by atoms with Crippen LogP contribution in [-0.2, 0) is 0 Å². The zero-order valence-corrected chi connectivity index (χ0v) is 14.1. The summed E-state index contributed by atoms with van der Waals surface area (Å²) in [5.74, 6) is 2.30. The molecule has 0 spiro atoms. The van der Waals surface area contributed by atoms with E-state index in [0.717, 1.165) is 16.6 Å². The average Bonchev–Trinajstić information content (AvgIpc) is 2.99. The Morgan fingerprint density at radius 2 is 2.04 bits per heavy atom. The topological polar surface area (TPSA) is 86.7 Å². The molecule has 128 valence electrons. The van der Waals surface area contributed by atoms with Gasteiger partial charge in [-0.15, -0.1) is 0 Å². The van der Waals surface area contributed by atoms with Gasteiger partial charge in [0.25, 0.3) is 0 Å². The minimum atomic E-state index is -0.390. The van der Waals surface area contributed by atoms with Crippen molar-refractivity contribution >= 4 is 22.9 Å². The van der Waals surface area contributed by atoms with Gasteiger partial charge in [0, 0.05) is 5.56 Å². The van der Waals surface area contributed by atoms with Crippen LogP contribution >= 0.6 is 0 Å². The Morgan fingerprint density at radius 1 is 1.20 bits per heavy atom. The van der Waals surface area contributed by atoms with Crippen LogP contribution in [0.1, 0.15) is 18.7 Å². The fourth-order valence-corrected chi connectivity index (χ4v) is 3.15. The van der Waals surface area contributed by atoms with Gasteiger partial charge in [-0.1, -0.05) is 24.3 Å². The first kappa shape index (κ1) is 15.3. The lowest BCUT2D eigenvalue weighted by Gasteiger charge is -2.25. The standard InChI is InChI=1S/C18H19N5O2/c1-3-25-14-10-6-7-11(15(14)24-2)16-21-17(19)22-18-20-12-8-4-5-9-13(12)23(16)18/h4-10,16H,3H2,1-2H3,(H3,19,20,21,22). The lowest BCUT2D eigenvalue weighted by Crippen LogP contribution is -2.31. The SMILES string of the molecule is CCOc1cccc(C2N=C(N)Nc3nc4ccccc4n32)c1OC. The Labute approximate surface area is 145 Å². The molecule has 7 nitrogen and oxygen atoms in total. The van der Waals surface area contributed by atoms with Gasteiger partial charge in [-0.05, 0) is 25.1 Å². The highest BCUT2D eigenvalue weighted by molar-refractivity contribution is 5.94. The van der Waals surface area contributed by atoms with Crippen molar-refractivity contribution in [2.75, 3.05) is 19.0 Å². The predicted octanol–water partition coefficient (Wildman–Crippen LogP) is 2.73. The second-order valence-electron chi connectivity index (χ2n) is 5.62. The average molecular weight is 337 g/mol. The first-order valence-corrected chi connectivity index (χ1v) is 8.10. The van der Waals surface area contributed by atoms with Gasteiger partial charge in [0.05, 0.1) is 24.8 Å². The van der Waals surface area contributed by atoms with Crippen LogP contribution in [0.25, 0.3) is 11.0 Å². The van der Waals surface area contributed by atoms with Crippen molar-refractivity contribution in [2.45, 2.75) is 13.1 Å². The van der Waals surface area contributed by atoms with E-state index >= 15 is 0 Å². The smallest absolute Gasteiger partial charge is 0.212 e. The summed E-state index contributed by atoms with van der Waals surface area (Å²) in [6, 6.07) is 13.7. The predicted molar refractivity (Wildman–Crippen MR) is 97.3 cm³/mol. The molecule has 7 heteroatoms. The van der Waals surface area contributed by atoms with Crippen molar-refractivity contribution in [3.63, 3.8) is 0 Å². The van der Waals surface area contributed by atoms with Crippen LogP contribution in [0.4, 0.5) is 5.95 Å². The first-order valence-electron chi connectivity index (χ1n) is 8.10. The van der Waals surface area contributed by atoms with Crippen molar-refractivity contribution in [1.82, 2.24) is 9.55 Å². The number of rotatable bonds is 4. The summed E-state index contributed by atoms with van der Waals surface area (Å²) < 4.78 is 13.3. The van der Waals surface area contributed by atoms with Gasteiger partial charge in [-0.3, -0.25) is 9.88 Å². The number of ether oxygens (including phenoxy) is 2. The number of aliphatic imine (C=N–C) groups is 1. The molecule has 0 bridgehead atoms. The van der Waals surface area contributed by atoms with Gasteiger partial charge in [0.15, 0.2) is 23.6 Å². The first-order chi connectivity index (χ1) is 12.2. The quantitative estimate of drug-likeness (QED) is 0.764. The van der Waals surface area contributed by atoms with Crippen LogP contribution in [0.3, 0.4) is 0 Å². The summed E-state index contributed by atoms with van der Waals surface area (Å²) in [7, 11) is 1.63. The molecule has 2 heterocycles. The number of hydrogen-bond donors (Lipinski definition) is 2. The molecule has 1 aliphatic rings. The minimum Gasteiger partial charge on any atom is -0.492 e. The summed E-state index contributed by atoms with van der Waals surface area (Å²) in [6.07, 6.45) is -0.390. The molecule has 0 radical (unpaired) electrons. The lowest BCUT2D eigenvalue weighted by molar-refractivity contribution is 0.307. The number of methoxy groups -OCH3 is 1. The number of imidazole rings is 1. The van der Waals surface area contributed by atoms with E-state index < -0.39 is 0 Å². The van der Waals surface area contributed by atoms with Crippen LogP contribution in [0.2, 0.25) is 0 Å². The molecule has 0 saturated heterocycles. The fourth-order valence-electron chi connectivity index (χ4n) is 3.15. The third kappa shape index (κ3) is 2.44. The van der Waals surface area contributed by atoms with E-state index in [9.17, 15) is 0 Å². The number of fused-ring (bicyclic) bond motifs is 3. The molecule has 1 unspecified atom stereocenters. The number of para-hydroxylation sites is 3. The van der Waals surface area contributed by atoms with E-state index in [2.05, 4.69) is 15.3 Å². The molecule has 0 fully saturated rings. The molecule has 3 aromatic rings. The highest BCUT2D eigenvalue weighted by Crippen LogP contribution is 2.40. The van der Waals surface area contributed by atoms with Crippen molar-refractivity contribution in [2.24, 2.45) is 10.7 Å². The normalized spacial score (nSPS) is 16.1. The molecule has 25 heavy (non-hydrogen) atoms. The van der Waals surface area contributed by atoms with E-state index in [-0.39, 0.29) is 6.17 Å². The molecular formula is C18H19N5O2. The zero-order chi connectivity index (χ0) is 17.4. The zero-order valence-electron chi connectivity index (χ0n) is 14.1. The Bertz CT molecular complexity index is 963. The van der Waals surface area contributed by atoms with Crippen LogP contribution in [0, 0.1) is 0 Å². The largest absolute Gasteiger partial charge is 0.492 e. The molecule has 1 aromatic heterocycles. The van der Waals surface area contributed by atoms with E-state index in [4.69, 9.17) is 15.2 Å². The molecule has 0 aliphatic carbocycles. The fraction of sp³-hybridized carbons (Fsp3) is 0.222. The Hall–Kier alpha value is -3.22.